The van der Waals surface area contributed by atoms with E-state index in [0.717, 1.165) is 23.3 Å². The molecular weight excluding hydrogens is 450 g/mol. The predicted molar refractivity (Wildman–Crippen MR) is 117 cm³/mol. The second-order valence-corrected chi connectivity index (χ2v) is 8.79. The number of aliphatic carboxylic acids is 1. The minimum atomic E-state index is -4.53. The standard InChI is InChI=1S/C26H21F4NO3/c27-21-8-7-14(17-5-3-1-2-4-6-20(17)26(28,29)30)9-16(21)13-34-22-11-15-10-18-23(19(15)12-31-22)24(18)25(32)33/h1-2,4,6-9,11-12,18,23-24H,3,5,10,13H2,(H,32,33). The maximum absolute atomic E-state index is 14.5. The van der Waals surface area contributed by atoms with Crippen molar-refractivity contribution in [3.05, 3.63) is 88.4 Å². The quantitative estimate of drug-likeness (QED) is 0.544. The highest BCUT2D eigenvalue weighted by atomic mass is 19.4. The monoisotopic (exact) mass is 471 g/mol. The molecule has 1 aromatic heterocycles. The Balaban J connectivity index is 1.37. The highest BCUT2D eigenvalue weighted by Gasteiger charge is 2.59. The first-order valence-corrected chi connectivity index (χ1v) is 11.0. The molecule has 3 aliphatic carbocycles. The summed E-state index contributed by atoms with van der Waals surface area (Å²) in [6.07, 6.45) is 4.10. The van der Waals surface area contributed by atoms with E-state index >= 15 is 0 Å². The summed E-state index contributed by atoms with van der Waals surface area (Å²) in [5.74, 6) is -1.38. The molecule has 3 atom stereocenters. The Morgan fingerprint density at radius 1 is 1.21 bits per heavy atom. The minimum Gasteiger partial charge on any atom is -0.481 e. The zero-order chi connectivity index (χ0) is 24.0. The Bertz CT molecular complexity index is 1250. The molecule has 1 N–H and O–H groups in total. The number of carbonyl (C=O) groups is 1. The lowest BCUT2D eigenvalue weighted by molar-refractivity contribution is -0.139. The van der Waals surface area contributed by atoms with Gasteiger partial charge in [0.15, 0.2) is 0 Å². The van der Waals surface area contributed by atoms with E-state index in [1.807, 2.05) is 0 Å². The predicted octanol–water partition coefficient (Wildman–Crippen LogP) is 5.99. The maximum atomic E-state index is 14.5. The van der Waals surface area contributed by atoms with Gasteiger partial charge >= 0.3 is 12.1 Å². The fraction of sp³-hybridized carbons (Fsp3) is 0.308. The van der Waals surface area contributed by atoms with Crippen molar-refractivity contribution in [2.24, 2.45) is 11.8 Å². The number of allylic oxidation sites excluding steroid dienone is 6. The van der Waals surface area contributed by atoms with E-state index in [9.17, 15) is 27.5 Å². The van der Waals surface area contributed by atoms with E-state index in [4.69, 9.17) is 4.74 Å². The van der Waals surface area contributed by atoms with Crippen molar-refractivity contribution < 1.29 is 32.2 Å². The van der Waals surface area contributed by atoms with Crippen LogP contribution in [-0.4, -0.2) is 22.2 Å². The normalized spacial score (nSPS) is 23.2. The molecule has 1 saturated carbocycles. The zero-order valence-electron chi connectivity index (χ0n) is 18.0. The molecule has 0 spiro atoms. The van der Waals surface area contributed by atoms with Crippen molar-refractivity contribution in [1.82, 2.24) is 4.98 Å². The second kappa shape index (κ2) is 8.42. The largest absolute Gasteiger partial charge is 0.481 e. The van der Waals surface area contributed by atoms with Crippen LogP contribution in [0.15, 0.2) is 60.3 Å². The average molecular weight is 471 g/mol. The number of nitrogens with zero attached hydrogens (tertiary/aromatic N) is 1. The van der Waals surface area contributed by atoms with Gasteiger partial charge in [0, 0.05) is 23.7 Å². The SMILES string of the molecule is O=C(O)C1C2Cc3cc(OCc4cc(C5=C(C(F)(F)F)C=CC=CCC5)ccc4F)ncc3C21. The molecule has 3 unspecified atom stereocenters. The van der Waals surface area contributed by atoms with Crippen LogP contribution in [0.1, 0.15) is 41.0 Å². The second-order valence-electron chi connectivity index (χ2n) is 8.79. The average Bonchev–Trinajstić information content (AvgIpc) is 3.35. The van der Waals surface area contributed by atoms with E-state index in [0.29, 0.717) is 18.4 Å². The van der Waals surface area contributed by atoms with Crippen LogP contribution in [0.3, 0.4) is 0 Å². The van der Waals surface area contributed by atoms with Gasteiger partial charge in [-0.2, -0.15) is 13.2 Å². The number of carboxylic acids is 1. The number of pyridine rings is 1. The van der Waals surface area contributed by atoms with Gasteiger partial charge in [0.05, 0.1) is 11.5 Å². The number of ether oxygens (including phenoxy) is 1. The third kappa shape index (κ3) is 4.13. The summed E-state index contributed by atoms with van der Waals surface area (Å²) < 4.78 is 61.2. The lowest BCUT2D eigenvalue weighted by atomic mass is 9.92. The third-order valence-electron chi connectivity index (χ3n) is 6.74. The van der Waals surface area contributed by atoms with Crippen molar-refractivity contribution in [1.29, 1.82) is 0 Å². The number of benzene rings is 1. The molecule has 8 heteroatoms. The fourth-order valence-corrected chi connectivity index (χ4v) is 5.06. The van der Waals surface area contributed by atoms with Crippen LogP contribution >= 0.6 is 0 Å². The van der Waals surface area contributed by atoms with Crippen LogP contribution in [0.4, 0.5) is 17.6 Å². The number of hydrogen-bond acceptors (Lipinski definition) is 3. The van der Waals surface area contributed by atoms with Gasteiger partial charge in [-0.3, -0.25) is 4.79 Å². The Labute approximate surface area is 193 Å². The van der Waals surface area contributed by atoms with E-state index in [-0.39, 0.29) is 47.8 Å². The highest BCUT2D eigenvalue weighted by molar-refractivity contribution is 5.77. The van der Waals surface area contributed by atoms with E-state index < -0.39 is 23.5 Å². The summed E-state index contributed by atoms with van der Waals surface area (Å²) in [5.41, 5.74) is 1.68. The molecule has 0 bridgehead atoms. The van der Waals surface area contributed by atoms with Crippen molar-refractivity contribution in [2.45, 2.75) is 38.0 Å². The van der Waals surface area contributed by atoms with Crippen LogP contribution in [0, 0.1) is 17.7 Å². The molecule has 176 valence electrons. The Hall–Kier alpha value is -3.42. The molecule has 0 amide bonds. The maximum Gasteiger partial charge on any atom is 0.416 e. The number of rotatable bonds is 5. The number of aromatic nitrogens is 1. The molecule has 5 rings (SSSR count). The van der Waals surface area contributed by atoms with E-state index in [1.54, 1.807) is 24.4 Å². The summed E-state index contributed by atoms with van der Waals surface area (Å²) in [5, 5.41) is 9.23. The number of alkyl halides is 3. The van der Waals surface area contributed by atoms with Crippen LogP contribution < -0.4 is 4.74 Å². The van der Waals surface area contributed by atoms with Crippen molar-refractivity contribution in [3.63, 3.8) is 0 Å². The van der Waals surface area contributed by atoms with Gasteiger partial charge in [0.2, 0.25) is 5.88 Å². The van der Waals surface area contributed by atoms with Gasteiger partial charge in [-0.1, -0.05) is 24.3 Å². The molecule has 0 saturated heterocycles. The van der Waals surface area contributed by atoms with Gasteiger partial charge in [0.1, 0.15) is 12.4 Å². The molecule has 1 fully saturated rings. The molecule has 4 nitrogen and oxygen atoms in total. The molecule has 2 aromatic rings. The van der Waals surface area contributed by atoms with Gasteiger partial charge in [-0.25, -0.2) is 9.37 Å². The molecule has 34 heavy (non-hydrogen) atoms. The number of fused-ring (bicyclic) bond motifs is 3. The topological polar surface area (TPSA) is 59.4 Å². The van der Waals surface area contributed by atoms with Crippen LogP contribution in [0.25, 0.3) is 5.57 Å². The third-order valence-corrected chi connectivity index (χ3v) is 6.74. The summed E-state index contributed by atoms with van der Waals surface area (Å²) >= 11 is 0. The molecular formula is C26H21F4NO3. The summed E-state index contributed by atoms with van der Waals surface area (Å²) in [6, 6.07) is 5.65. The lowest BCUT2D eigenvalue weighted by Gasteiger charge is -2.18. The summed E-state index contributed by atoms with van der Waals surface area (Å²) in [6.45, 7) is -0.194. The smallest absolute Gasteiger partial charge is 0.416 e. The Morgan fingerprint density at radius 3 is 2.79 bits per heavy atom. The molecule has 3 aliphatic rings. The first kappa shape index (κ1) is 22.4. The van der Waals surface area contributed by atoms with E-state index in [1.165, 1.54) is 18.2 Å². The summed E-state index contributed by atoms with van der Waals surface area (Å²) in [4.78, 5) is 15.5. The summed E-state index contributed by atoms with van der Waals surface area (Å²) in [7, 11) is 0. The van der Waals surface area contributed by atoms with Crippen molar-refractivity contribution >= 4 is 11.5 Å². The Morgan fingerprint density at radius 2 is 2.03 bits per heavy atom. The first-order valence-electron chi connectivity index (χ1n) is 11.0. The van der Waals surface area contributed by atoms with E-state index in [2.05, 4.69) is 4.98 Å². The van der Waals surface area contributed by atoms with Crippen molar-refractivity contribution in [3.8, 4) is 5.88 Å². The molecule has 1 heterocycles. The van der Waals surface area contributed by atoms with Gasteiger partial charge in [-0.05, 0) is 65.7 Å². The molecule has 0 radical (unpaired) electrons. The van der Waals surface area contributed by atoms with Gasteiger partial charge < -0.3 is 9.84 Å². The Kier molecular flexibility index (Phi) is 5.54. The van der Waals surface area contributed by atoms with Crippen molar-refractivity contribution in [2.75, 3.05) is 0 Å². The minimum absolute atomic E-state index is 0.00745. The van der Waals surface area contributed by atoms with Crippen LogP contribution in [0.2, 0.25) is 0 Å². The van der Waals surface area contributed by atoms with Gasteiger partial charge in [0.25, 0.3) is 0 Å². The zero-order valence-corrected chi connectivity index (χ0v) is 18.0. The molecule has 0 aliphatic heterocycles. The fourth-order valence-electron chi connectivity index (χ4n) is 5.06. The number of hydrogen-bond donors (Lipinski definition) is 1. The lowest BCUT2D eigenvalue weighted by Crippen LogP contribution is -2.13. The first-order chi connectivity index (χ1) is 16.2. The number of carboxylic acid groups (broad SMARTS) is 1. The van der Waals surface area contributed by atoms with Crippen LogP contribution in [-0.2, 0) is 17.8 Å². The van der Waals surface area contributed by atoms with Gasteiger partial charge in [-0.15, -0.1) is 0 Å². The van der Waals surface area contributed by atoms with Crippen LogP contribution in [0.5, 0.6) is 5.88 Å². The number of halogens is 4. The highest BCUT2D eigenvalue weighted by Crippen LogP contribution is 2.61. The molecule has 1 aromatic carbocycles.